The van der Waals surface area contributed by atoms with Crippen LogP contribution in [0.1, 0.15) is 13.3 Å². The summed E-state index contributed by atoms with van der Waals surface area (Å²) in [6.07, 6.45) is 0.743. The first-order chi connectivity index (χ1) is 7.45. The smallest absolute Gasteiger partial charge is 0.549 e. The summed E-state index contributed by atoms with van der Waals surface area (Å²) in [5, 5.41) is 23.1. The number of carboxylic acid groups (broad SMARTS) is 2. The Morgan fingerprint density at radius 3 is 1.88 bits per heavy atom. The zero-order valence-corrected chi connectivity index (χ0v) is 10.3. The van der Waals surface area contributed by atoms with Crippen LogP contribution in [0.25, 0.3) is 0 Å². The summed E-state index contributed by atoms with van der Waals surface area (Å²) < 4.78 is 0. The molecule has 8 heteroatoms. The zero-order valence-electron chi connectivity index (χ0n) is 9.33. The van der Waals surface area contributed by atoms with Crippen molar-refractivity contribution in [2.75, 3.05) is 26.2 Å². The minimum atomic E-state index is -1.44. The van der Waals surface area contributed by atoms with Gasteiger partial charge in [-0.25, -0.2) is 0 Å². The van der Waals surface area contributed by atoms with Gasteiger partial charge in [-0.05, 0) is 6.42 Å². The third kappa shape index (κ3) is 11.2. The van der Waals surface area contributed by atoms with Crippen LogP contribution in [-0.4, -0.2) is 48.9 Å². The SMILES string of the molecule is CCCNC(=O)CN(CC(=O)[O-])CC(=O)[O-].[Cu+2]. The van der Waals surface area contributed by atoms with Gasteiger partial charge in [0.15, 0.2) is 0 Å². The zero-order chi connectivity index (χ0) is 12.6. The van der Waals surface area contributed by atoms with Crippen LogP contribution in [0.4, 0.5) is 0 Å². The van der Waals surface area contributed by atoms with Gasteiger partial charge in [-0.3, -0.25) is 9.69 Å². The van der Waals surface area contributed by atoms with Crippen LogP contribution in [0.15, 0.2) is 0 Å². The van der Waals surface area contributed by atoms with E-state index >= 15 is 0 Å². The van der Waals surface area contributed by atoms with E-state index in [1.807, 2.05) is 6.92 Å². The number of rotatable bonds is 8. The summed E-state index contributed by atoms with van der Waals surface area (Å²) in [6, 6.07) is 0. The number of carboxylic acids is 2. The normalized spacial score (nSPS) is 9.53. The fourth-order valence-corrected chi connectivity index (χ4v) is 1.06. The number of nitrogens with zero attached hydrogens (tertiary/aromatic N) is 1. The van der Waals surface area contributed by atoms with Crippen molar-refractivity contribution in [1.29, 1.82) is 0 Å². The van der Waals surface area contributed by atoms with E-state index in [0.29, 0.717) is 6.54 Å². The first kappa shape index (κ1) is 18.3. The monoisotopic (exact) mass is 293 g/mol. The maximum Gasteiger partial charge on any atom is 2.00 e. The van der Waals surface area contributed by atoms with E-state index in [1.54, 1.807) is 0 Å². The van der Waals surface area contributed by atoms with Gasteiger partial charge in [0, 0.05) is 19.6 Å². The van der Waals surface area contributed by atoms with Crippen LogP contribution in [-0.2, 0) is 31.5 Å². The molecule has 1 radical (unpaired) electrons. The molecule has 1 amide bonds. The summed E-state index contributed by atoms with van der Waals surface area (Å²) in [4.78, 5) is 32.7. The Hall–Kier alpha value is -1.11. The number of aliphatic carboxylic acids is 2. The van der Waals surface area contributed by atoms with Crippen molar-refractivity contribution in [2.45, 2.75) is 13.3 Å². The summed E-state index contributed by atoms with van der Waals surface area (Å²) in [7, 11) is 0. The number of carbonyl (C=O) groups is 3. The molecule has 1 N–H and O–H groups in total. The summed E-state index contributed by atoms with van der Waals surface area (Å²) >= 11 is 0. The van der Waals surface area contributed by atoms with Gasteiger partial charge in [-0.2, -0.15) is 0 Å². The van der Waals surface area contributed by atoms with Crippen LogP contribution >= 0.6 is 0 Å². The van der Waals surface area contributed by atoms with E-state index in [4.69, 9.17) is 0 Å². The van der Waals surface area contributed by atoms with E-state index in [-0.39, 0.29) is 23.6 Å². The molecule has 0 saturated heterocycles. The van der Waals surface area contributed by atoms with E-state index < -0.39 is 30.9 Å². The first-order valence-electron chi connectivity index (χ1n) is 4.84. The molecule has 0 saturated carbocycles. The molecule has 17 heavy (non-hydrogen) atoms. The minimum Gasteiger partial charge on any atom is -0.549 e. The first-order valence-corrected chi connectivity index (χ1v) is 4.84. The second kappa shape index (κ2) is 10.1. The van der Waals surface area contributed by atoms with Gasteiger partial charge in [-0.15, -0.1) is 0 Å². The maximum atomic E-state index is 11.2. The summed E-state index contributed by atoms with van der Waals surface area (Å²) in [6.45, 7) is 0.784. The molecule has 0 bridgehead atoms. The van der Waals surface area contributed by atoms with Crippen molar-refractivity contribution in [1.82, 2.24) is 10.2 Å². The quantitative estimate of drug-likeness (QED) is 0.461. The van der Waals surface area contributed by atoms with Gasteiger partial charge in [0.05, 0.1) is 18.5 Å². The number of amides is 1. The van der Waals surface area contributed by atoms with Crippen LogP contribution in [0.3, 0.4) is 0 Å². The standard InChI is InChI=1S/C9H16N2O5.Cu/c1-2-3-10-7(12)4-11(5-8(13)14)6-9(15)16;/h2-6H2,1H3,(H,10,12)(H,13,14)(H,15,16);/q;+2/p-2. The predicted molar refractivity (Wildman–Crippen MR) is 49.8 cm³/mol. The largest absolute Gasteiger partial charge is 2.00 e. The molecule has 0 rings (SSSR count). The second-order valence-electron chi connectivity index (χ2n) is 3.24. The molecular formula is C9H14CuN2O5. The third-order valence-electron chi connectivity index (χ3n) is 1.64. The Kier molecular flexibility index (Phi) is 10.8. The van der Waals surface area contributed by atoms with Gasteiger partial charge < -0.3 is 25.1 Å². The van der Waals surface area contributed by atoms with E-state index in [9.17, 15) is 24.6 Å². The molecule has 0 heterocycles. The Balaban J connectivity index is 0. The Labute approximate surface area is 110 Å². The summed E-state index contributed by atoms with van der Waals surface area (Å²) in [5.41, 5.74) is 0. The molecule has 0 unspecified atom stereocenters. The Morgan fingerprint density at radius 2 is 1.53 bits per heavy atom. The second-order valence-corrected chi connectivity index (χ2v) is 3.24. The van der Waals surface area contributed by atoms with Gasteiger partial charge in [0.2, 0.25) is 5.91 Å². The molecule has 0 aromatic heterocycles. The van der Waals surface area contributed by atoms with E-state index in [0.717, 1.165) is 11.3 Å². The fraction of sp³-hybridized carbons (Fsp3) is 0.667. The van der Waals surface area contributed by atoms with Crippen molar-refractivity contribution < 1.29 is 41.7 Å². The maximum absolute atomic E-state index is 11.2. The van der Waals surface area contributed by atoms with Gasteiger partial charge in [-0.1, -0.05) is 6.92 Å². The Morgan fingerprint density at radius 1 is 1.06 bits per heavy atom. The number of hydrogen-bond acceptors (Lipinski definition) is 6. The predicted octanol–water partition coefficient (Wildman–Crippen LogP) is -3.69. The molecule has 0 aliphatic heterocycles. The molecule has 0 aliphatic carbocycles. The number of hydrogen-bond donors (Lipinski definition) is 1. The third-order valence-corrected chi connectivity index (χ3v) is 1.64. The molecule has 7 nitrogen and oxygen atoms in total. The van der Waals surface area contributed by atoms with Crippen LogP contribution < -0.4 is 15.5 Å². The molecule has 0 aromatic carbocycles. The number of carbonyl (C=O) groups excluding carboxylic acids is 3. The minimum absolute atomic E-state index is 0. The topological polar surface area (TPSA) is 113 Å². The molecule has 0 spiro atoms. The van der Waals surface area contributed by atoms with E-state index in [1.165, 1.54) is 0 Å². The average Bonchev–Trinajstić information content (AvgIpc) is 2.12. The molecule has 0 aromatic rings. The van der Waals surface area contributed by atoms with Gasteiger partial charge >= 0.3 is 17.1 Å². The molecule has 0 fully saturated rings. The fourth-order valence-electron chi connectivity index (χ4n) is 1.06. The Bertz CT molecular complexity index is 256. The van der Waals surface area contributed by atoms with Crippen LogP contribution in [0.5, 0.6) is 0 Å². The van der Waals surface area contributed by atoms with Crippen molar-refractivity contribution in [3.05, 3.63) is 0 Å². The molecule has 0 atom stereocenters. The van der Waals surface area contributed by atoms with Crippen molar-refractivity contribution >= 4 is 17.8 Å². The van der Waals surface area contributed by atoms with Crippen LogP contribution in [0.2, 0.25) is 0 Å². The van der Waals surface area contributed by atoms with Gasteiger partial charge in [0.1, 0.15) is 0 Å². The average molecular weight is 294 g/mol. The van der Waals surface area contributed by atoms with E-state index in [2.05, 4.69) is 5.32 Å². The molecular weight excluding hydrogens is 280 g/mol. The molecule has 0 aliphatic rings. The summed E-state index contributed by atoms with van der Waals surface area (Å²) in [5.74, 6) is -3.31. The van der Waals surface area contributed by atoms with Crippen molar-refractivity contribution in [3.8, 4) is 0 Å². The van der Waals surface area contributed by atoms with Crippen LogP contribution in [0, 0.1) is 0 Å². The number of nitrogens with one attached hydrogen (secondary N) is 1. The van der Waals surface area contributed by atoms with Crippen molar-refractivity contribution in [2.24, 2.45) is 0 Å². The van der Waals surface area contributed by atoms with Gasteiger partial charge in [0.25, 0.3) is 0 Å². The molecule has 101 valence electrons. The van der Waals surface area contributed by atoms with Crippen molar-refractivity contribution in [3.63, 3.8) is 0 Å².